The molecule has 0 radical (unpaired) electrons. The van der Waals surface area contributed by atoms with Crippen molar-refractivity contribution in [3.05, 3.63) is 144 Å². The summed E-state index contributed by atoms with van der Waals surface area (Å²) in [4.78, 5) is 18.0. The van der Waals surface area contributed by atoms with Gasteiger partial charge < -0.3 is 28.2 Å². The molecule has 7 aromatic rings. The number of hydrogen-bond acceptors (Lipinski definition) is 14. The van der Waals surface area contributed by atoms with E-state index in [2.05, 4.69) is 0 Å². The number of benzene rings is 4. The average molecular weight is 984 g/mol. The van der Waals surface area contributed by atoms with E-state index in [1.165, 1.54) is 48.5 Å². The van der Waals surface area contributed by atoms with E-state index in [0.717, 1.165) is 48.5 Å². The van der Waals surface area contributed by atoms with Gasteiger partial charge in [-0.3, -0.25) is 0 Å². The summed E-state index contributed by atoms with van der Waals surface area (Å²) in [5.74, 6) is 0. The van der Waals surface area contributed by atoms with E-state index >= 15 is 0 Å². The normalized spacial score (nSPS) is 12.9. The van der Waals surface area contributed by atoms with Crippen molar-refractivity contribution in [3.8, 4) is 44.5 Å². The molecule has 0 spiro atoms. The maximum atomic E-state index is 11.9. The number of hydrogen-bond donors (Lipinski definition) is 0. The van der Waals surface area contributed by atoms with Crippen molar-refractivity contribution >= 4 is 86.8 Å². The molecule has 9 rings (SSSR count). The Morgan fingerprint density at radius 1 is 0.308 bits per heavy atom. The van der Waals surface area contributed by atoms with E-state index in [1.807, 2.05) is 0 Å². The van der Waals surface area contributed by atoms with Crippen LogP contribution in [0.1, 0.15) is 22.8 Å². The quantitative estimate of drug-likeness (QED) is 0.121. The molecule has 0 N–H and O–H groups in total. The van der Waals surface area contributed by atoms with Crippen molar-refractivity contribution in [1.29, 1.82) is 0 Å². The van der Waals surface area contributed by atoms with Crippen molar-refractivity contribution < 1.29 is 69.0 Å². The maximum Gasteiger partial charge on any atom is 3.00 e. The Hall–Kier alpha value is -6.36. The van der Waals surface area contributed by atoms with Crippen LogP contribution in [0.4, 0.5) is 0 Å². The first kappa shape index (κ1) is 45.2. The molecule has 0 atom stereocenters. The van der Waals surface area contributed by atoms with Gasteiger partial charge in [0.05, 0.1) is 42.4 Å². The number of aromatic nitrogens is 4. The van der Waals surface area contributed by atoms with Crippen LogP contribution in [0.5, 0.6) is 0 Å². The molecule has 326 valence electrons. The van der Waals surface area contributed by atoms with Gasteiger partial charge in [0.1, 0.15) is 40.5 Å². The average Bonchev–Trinajstić information content (AvgIpc) is 4.08. The van der Waals surface area contributed by atoms with Crippen LogP contribution in [0.15, 0.2) is 141 Å². The minimum atomic E-state index is -4.82. The van der Waals surface area contributed by atoms with Crippen LogP contribution in [-0.4, -0.2) is 61.9 Å². The third kappa shape index (κ3) is 8.89. The van der Waals surface area contributed by atoms with Crippen molar-refractivity contribution in [3.63, 3.8) is 0 Å². The van der Waals surface area contributed by atoms with Crippen LogP contribution in [0.2, 0.25) is 0 Å². The Labute approximate surface area is 381 Å². The molecule has 8 bridgehead atoms. The number of fused-ring (bicyclic) bond motifs is 8. The minimum Gasteiger partial charge on any atom is -0.744 e. The van der Waals surface area contributed by atoms with Gasteiger partial charge in [-0.25, -0.2) is 43.6 Å². The number of rotatable bonds is 8. The first-order valence-electron chi connectivity index (χ1n) is 18.5. The number of nitrogens with zero attached hydrogens (tertiary/aromatic N) is 4. The van der Waals surface area contributed by atoms with Gasteiger partial charge in [-0.15, -0.1) is 22.1 Å². The zero-order valence-corrected chi connectivity index (χ0v) is 37.0. The Kier molecular flexibility index (Phi) is 11.5. The van der Waals surface area contributed by atoms with Gasteiger partial charge in [0.15, 0.2) is 0 Å². The fraction of sp³-hybridized carbons (Fsp3) is 0. The fourth-order valence-electron chi connectivity index (χ4n) is 7.42. The summed E-state index contributed by atoms with van der Waals surface area (Å²) in [6.07, 6.45) is 6.65. The van der Waals surface area contributed by atoms with E-state index in [9.17, 15) is 51.9 Å². The summed E-state index contributed by atoms with van der Waals surface area (Å²) in [5, 5.41) is 0. The van der Waals surface area contributed by atoms with Crippen molar-refractivity contribution in [2.75, 3.05) is 0 Å². The van der Waals surface area contributed by atoms with Gasteiger partial charge in [-0.1, -0.05) is 72.8 Å². The van der Waals surface area contributed by atoms with Crippen LogP contribution in [0, 0.1) is 0 Å². The molecule has 65 heavy (non-hydrogen) atoms. The molecule has 0 amide bonds. The third-order valence-electron chi connectivity index (χ3n) is 10.3. The molecule has 0 fully saturated rings. The molecule has 0 saturated carbocycles. The molecule has 16 nitrogen and oxygen atoms in total. The third-order valence-corrected chi connectivity index (χ3v) is 13.7. The predicted octanol–water partition coefficient (Wildman–Crippen LogP) is 6.20. The van der Waals surface area contributed by atoms with Gasteiger partial charge in [-0.05, 0) is 112 Å². The largest absolute Gasteiger partial charge is 3.00 e. The summed E-state index contributed by atoms with van der Waals surface area (Å²) in [6, 6.07) is 27.2. The molecule has 21 heteroatoms. The second-order valence-corrected chi connectivity index (χ2v) is 19.8. The second-order valence-electron chi connectivity index (χ2n) is 14.3. The van der Waals surface area contributed by atoms with Gasteiger partial charge in [0.2, 0.25) is 0 Å². The first-order valence-corrected chi connectivity index (χ1v) is 24.2. The zero-order valence-electron chi connectivity index (χ0n) is 32.6. The monoisotopic (exact) mass is 983 g/mol. The van der Waals surface area contributed by atoms with E-state index < -0.39 is 60.1 Å². The molecule has 4 aromatic carbocycles. The van der Waals surface area contributed by atoms with E-state index in [0.29, 0.717) is 89.4 Å². The Morgan fingerprint density at radius 2 is 0.523 bits per heavy atom. The second kappa shape index (κ2) is 16.6. The first-order chi connectivity index (χ1) is 30.2. The van der Waals surface area contributed by atoms with E-state index in [1.54, 1.807) is 48.6 Å². The predicted molar refractivity (Wildman–Crippen MR) is 230 cm³/mol. The van der Waals surface area contributed by atoms with Crippen LogP contribution in [0.3, 0.4) is 0 Å². The van der Waals surface area contributed by atoms with Crippen LogP contribution < -0.4 is 9.97 Å². The van der Waals surface area contributed by atoms with E-state index in [-0.39, 0.29) is 17.1 Å². The van der Waals surface area contributed by atoms with Gasteiger partial charge in [0, 0.05) is 5.56 Å². The minimum absolute atomic E-state index is 0. The SMILES string of the molecule is O=S(=O)([O-])c1ccc(-c2c3nc(c(-c4ccc(S(=O)(=O)[O-])cc4)c4ccc([n-]4)c(-c4ccc(S(=O)(=O)[O-])cc4)c4ccc([n-]4)c(-c4ccc(S(=O)(=O)[O-])cc4)c4nc2C=C4)C=C3)cc1.[Mn+3]. The Bertz CT molecular complexity index is 3620. The molecule has 2 aliphatic heterocycles. The smallest absolute Gasteiger partial charge is 0.744 e. The Morgan fingerprint density at radius 3 is 0.785 bits per heavy atom. The Balaban J connectivity index is 0.00000576. The topological polar surface area (TPSA) is 283 Å². The van der Waals surface area contributed by atoms with Crippen molar-refractivity contribution in [1.82, 2.24) is 19.9 Å². The molecular formula is C44H24MnN4O12S4-3. The molecule has 0 unspecified atom stereocenters. The van der Waals surface area contributed by atoms with Crippen LogP contribution >= 0.6 is 0 Å². The molecule has 5 heterocycles. The molecule has 0 saturated heterocycles. The standard InChI is InChI=1S/C44H28N4O12S4.Mn/c49-61(50,51)29-9-1-25(2-10-29)41-33-17-19-35(45-33)42(26-3-11-30(12-4-26)62(52,53)54)37-21-23-39(47-37)44(28-7-15-32(16-8-28)64(58,59)60)40-24-22-38(48-40)43(36-20-18-34(41)46-36)27-5-13-31(14-6-27)63(55,56)57;/h1-24H,(H,49,50,51)(H,52,53,54)(H,55,56,57)(H,58,59,60);/q-2;+3/p-4. The summed E-state index contributed by atoms with van der Waals surface area (Å²) < 4.78 is 143. The van der Waals surface area contributed by atoms with Crippen LogP contribution in [-0.2, 0) is 57.5 Å². The molecule has 3 aromatic heterocycles. The van der Waals surface area contributed by atoms with Crippen molar-refractivity contribution in [2.45, 2.75) is 19.6 Å². The van der Waals surface area contributed by atoms with Gasteiger partial charge in [-0.2, -0.15) is 0 Å². The molecule has 0 aliphatic carbocycles. The maximum absolute atomic E-state index is 11.9. The van der Waals surface area contributed by atoms with E-state index in [4.69, 9.17) is 19.9 Å². The van der Waals surface area contributed by atoms with Crippen LogP contribution in [0.25, 0.3) is 90.9 Å². The summed E-state index contributed by atoms with van der Waals surface area (Å²) >= 11 is 0. The summed E-state index contributed by atoms with van der Waals surface area (Å²) in [7, 11) is -19.3. The fourth-order valence-corrected chi connectivity index (χ4v) is 9.30. The molecule has 2 aliphatic rings. The molecular weight excluding hydrogens is 960 g/mol. The van der Waals surface area contributed by atoms with Gasteiger partial charge in [0.25, 0.3) is 0 Å². The van der Waals surface area contributed by atoms with Crippen molar-refractivity contribution in [2.24, 2.45) is 0 Å². The zero-order chi connectivity index (χ0) is 45.3. The summed E-state index contributed by atoms with van der Waals surface area (Å²) in [6.45, 7) is 0. The van der Waals surface area contributed by atoms with Gasteiger partial charge >= 0.3 is 17.1 Å². The summed E-state index contributed by atoms with van der Waals surface area (Å²) in [5.41, 5.74) is 5.63.